The fourth-order valence-electron chi connectivity index (χ4n) is 1.43. The van der Waals surface area contributed by atoms with E-state index in [0.29, 0.717) is 12.2 Å². The predicted octanol–water partition coefficient (Wildman–Crippen LogP) is 2.86. The lowest BCUT2D eigenvalue weighted by Gasteiger charge is -2.05. The van der Waals surface area contributed by atoms with Crippen LogP contribution in [0.5, 0.6) is 5.75 Å². The van der Waals surface area contributed by atoms with E-state index >= 15 is 0 Å². The van der Waals surface area contributed by atoms with Crippen molar-refractivity contribution in [3.8, 4) is 5.75 Å². The second-order valence-corrected chi connectivity index (χ2v) is 3.69. The number of ketones is 1. The van der Waals surface area contributed by atoms with E-state index in [0.717, 1.165) is 11.4 Å². The molecule has 0 aliphatic heterocycles. The lowest BCUT2D eigenvalue weighted by atomic mass is 10.1. The van der Waals surface area contributed by atoms with Crippen LogP contribution >= 0.6 is 0 Å². The SMILES string of the molecule is CC(=O)c1ccc(OCc2ccccn2)cc1. The van der Waals surface area contributed by atoms with E-state index in [1.165, 1.54) is 0 Å². The quantitative estimate of drug-likeness (QED) is 0.754. The van der Waals surface area contributed by atoms with Gasteiger partial charge in [-0.25, -0.2) is 0 Å². The van der Waals surface area contributed by atoms with E-state index in [-0.39, 0.29) is 5.78 Å². The molecule has 1 heterocycles. The number of ether oxygens (including phenoxy) is 1. The first-order valence-corrected chi connectivity index (χ1v) is 5.39. The highest BCUT2D eigenvalue weighted by atomic mass is 16.5. The van der Waals surface area contributed by atoms with E-state index in [4.69, 9.17) is 4.74 Å². The number of aromatic nitrogens is 1. The molecule has 0 spiro atoms. The van der Waals surface area contributed by atoms with E-state index in [2.05, 4.69) is 4.98 Å². The number of nitrogens with zero attached hydrogens (tertiary/aromatic N) is 1. The standard InChI is InChI=1S/C14H13NO2/c1-11(16)12-5-7-14(8-6-12)17-10-13-4-2-3-9-15-13/h2-9H,10H2,1H3. The van der Waals surface area contributed by atoms with Gasteiger partial charge in [-0.3, -0.25) is 9.78 Å². The van der Waals surface area contributed by atoms with Crippen molar-refractivity contribution in [3.05, 3.63) is 59.9 Å². The first-order chi connectivity index (χ1) is 8.25. The molecule has 0 aliphatic carbocycles. The van der Waals surface area contributed by atoms with Crippen molar-refractivity contribution < 1.29 is 9.53 Å². The second kappa shape index (κ2) is 5.25. The summed E-state index contributed by atoms with van der Waals surface area (Å²) >= 11 is 0. The maximum absolute atomic E-state index is 11.1. The van der Waals surface area contributed by atoms with Gasteiger partial charge in [0.2, 0.25) is 0 Å². The number of carbonyl (C=O) groups is 1. The Kier molecular flexibility index (Phi) is 3.50. The summed E-state index contributed by atoms with van der Waals surface area (Å²) in [5.41, 5.74) is 1.57. The molecule has 1 aromatic carbocycles. The van der Waals surface area contributed by atoms with Crippen molar-refractivity contribution in [2.75, 3.05) is 0 Å². The van der Waals surface area contributed by atoms with Crippen LogP contribution in [-0.4, -0.2) is 10.8 Å². The Bertz CT molecular complexity index is 491. The van der Waals surface area contributed by atoms with Gasteiger partial charge in [0, 0.05) is 11.8 Å². The summed E-state index contributed by atoms with van der Waals surface area (Å²) in [7, 11) is 0. The van der Waals surface area contributed by atoms with Crippen LogP contribution in [0, 0.1) is 0 Å². The molecular formula is C14H13NO2. The van der Waals surface area contributed by atoms with Crippen LogP contribution in [0.1, 0.15) is 23.0 Å². The van der Waals surface area contributed by atoms with Gasteiger partial charge in [0.1, 0.15) is 12.4 Å². The normalized spacial score (nSPS) is 9.94. The molecule has 2 aromatic rings. The van der Waals surface area contributed by atoms with Gasteiger partial charge in [0.15, 0.2) is 5.78 Å². The number of pyridine rings is 1. The van der Waals surface area contributed by atoms with Gasteiger partial charge in [-0.15, -0.1) is 0 Å². The number of benzene rings is 1. The van der Waals surface area contributed by atoms with Crippen LogP contribution in [0.2, 0.25) is 0 Å². The lowest BCUT2D eigenvalue weighted by Crippen LogP contribution is -1.98. The van der Waals surface area contributed by atoms with Gasteiger partial charge in [0.05, 0.1) is 5.69 Å². The molecule has 1 aromatic heterocycles. The third-order valence-electron chi connectivity index (χ3n) is 2.37. The molecular weight excluding hydrogens is 214 g/mol. The molecule has 0 radical (unpaired) electrons. The molecule has 2 rings (SSSR count). The fraction of sp³-hybridized carbons (Fsp3) is 0.143. The molecule has 0 amide bonds. The first kappa shape index (κ1) is 11.3. The minimum absolute atomic E-state index is 0.0567. The van der Waals surface area contributed by atoms with Gasteiger partial charge < -0.3 is 4.74 Å². The number of hydrogen-bond acceptors (Lipinski definition) is 3. The third kappa shape index (κ3) is 3.14. The molecule has 0 N–H and O–H groups in total. The van der Waals surface area contributed by atoms with Gasteiger partial charge in [-0.1, -0.05) is 6.07 Å². The molecule has 3 nitrogen and oxygen atoms in total. The molecule has 0 saturated carbocycles. The predicted molar refractivity (Wildman–Crippen MR) is 65.0 cm³/mol. The summed E-state index contributed by atoms with van der Waals surface area (Å²) < 4.78 is 5.55. The molecule has 0 fully saturated rings. The van der Waals surface area contributed by atoms with Crippen LogP contribution < -0.4 is 4.74 Å². The van der Waals surface area contributed by atoms with Crippen molar-refractivity contribution in [3.63, 3.8) is 0 Å². The van der Waals surface area contributed by atoms with Crippen LogP contribution in [0.25, 0.3) is 0 Å². The average molecular weight is 227 g/mol. The fourth-order valence-corrected chi connectivity index (χ4v) is 1.43. The van der Waals surface area contributed by atoms with Gasteiger partial charge in [0.25, 0.3) is 0 Å². The zero-order chi connectivity index (χ0) is 12.1. The Hall–Kier alpha value is -2.16. The summed E-state index contributed by atoms with van der Waals surface area (Å²) in [5.74, 6) is 0.793. The largest absolute Gasteiger partial charge is 0.487 e. The summed E-state index contributed by atoms with van der Waals surface area (Å²) in [6, 6.07) is 12.8. The van der Waals surface area contributed by atoms with Crippen LogP contribution in [0.4, 0.5) is 0 Å². The smallest absolute Gasteiger partial charge is 0.159 e. The molecule has 0 aliphatic rings. The maximum Gasteiger partial charge on any atom is 0.159 e. The molecule has 86 valence electrons. The summed E-state index contributed by atoms with van der Waals surface area (Å²) in [6.07, 6.45) is 1.73. The second-order valence-electron chi connectivity index (χ2n) is 3.69. The highest BCUT2D eigenvalue weighted by molar-refractivity contribution is 5.94. The summed E-state index contributed by atoms with van der Waals surface area (Å²) in [4.78, 5) is 15.2. The van der Waals surface area contributed by atoms with Crippen molar-refractivity contribution in [2.24, 2.45) is 0 Å². The number of rotatable bonds is 4. The molecule has 3 heteroatoms. The van der Waals surface area contributed by atoms with Gasteiger partial charge >= 0.3 is 0 Å². The van der Waals surface area contributed by atoms with Crippen LogP contribution in [0.3, 0.4) is 0 Å². The molecule has 0 atom stereocenters. The Morgan fingerprint density at radius 3 is 2.53 bits per heavy atom. The zero-order valence-corrected chi connectivity index (χ0v) is 9.59. The monoisotopic (exact) mass is 227 g/mol. The molecule has 17 heavy (non-hydrogen) atoms. The Morgan fingerprint density at radius 2 is 1.94 bits per heavy atom. The maximum atomic E-state index is 11.1. The average Bonchev–Trinajstić information content (AvgIpc) is 2.38. The molecule has 0 bridgehead atoms. The van der Waals surface area contributed by atoms with Gasteiger partial charge in [-0.2, -0.15) is 0 Å². The Labute approximate surface area is 100 Å². The van der Waals surface area contributed by atoms with Gasteiger partial charge in [-0.05, 0) is 43.3 Å². The van der Waals surface area contributed by atoms with Crippen molar-refractivity contribution >= 4 is 5.78 Å². The minimum atomic E-state index is 0.0567. The number of Topliss-reactive ketones (excluding diaryl/α,β-unsaturated/α-hetero) is 1. The number of carbonyl (C=O) groups excluding carboxylic acids is 1. The molecule has 0 saturated heterocycles. The summed E-state index contributed by atoms with van der Waals surface area (Å²) in [6.45, 7) is 1.98. The van der Waals surface area contributed by atoms with Crippen LogP contribution in [0.15, 0.2) is 48.7 Å². The van der Waals surface area contributed by atoms with Crippen molar-refractivity contribution in [2.45, 2.75) is 13.5 Å². The Morgan fingerprint density at radius 1 is 1.18 bits per heavy atom. The van der Waals surface area contributed by atoms with Crippen molar-refractivity contribution in [1.29, 1.82) is 0 Å². The topological polar surface area (TPSA) is 39.2 Å². The first-order valence-electron chi connectivity index (χ1n) is 5.39. The third-order valence-corrected chi connectivity index (χ3v) is 2.37. The highest BCUT2D eigenvalue weighted by Gasteiger charge is 2.00. The molecule has 0 unspecified atom stereocenters. The zero-order valence-electron chi connectivity index (χ0n) is 9.59. The summed E-state index contributed by atoms with van der Waals surface area (Å²) in [5, 5.41) is 0. The van der Waals surface area contributed by atoms with E-state index in [1.54, 1.807) is 37.4 Å². The van der Waals surface area contributed by atoms with Crippen molar-refractivity contribution in [1.82, 2.24) is 4.98 Å². The van der Waals surface area contributed by atoms with E-state index in [1.807, 2.05) is 18.2 Å². The number of hydrogen-bond donors (Lipinski definition) is 0. The van der Waals surface area contributed by atoms with E-state index in [9.17, 15) is 4.79 Å². The minimum Gasteiger partial charge on any atom is -0.487 e. The lowest BCUT2D eigenvalue weighted by molar-refractivity contribution is 0.101. The highest BCUT2D eigenvalue weighted by Crippen LogP contribution is 2.13. The Balaban J connectivity index is 1.98. The van der Waals surface area contributed by atoms with E-state index < -0.39 is 0 Å². The van der Waals surface area contributed by atoms with Crippen LogP contribution in [-0.2, 0) is 6.61 Å².